The summed E-state index contributed by atoms with van der Waals surface area (Å²) < 4.78 is 6.82. The molecule has 0 spiro atoms. The second-order valence-electron chi connectivity index (χ2n) is 6.31. The van der Waals surface area contributed by atoms with Crippen LogP contribution in [0.5, 0.6) is 11.5 Å². The second kappa shape index (κ2) is 8.71. The van der Waals surface area contributed by atoms with E-state index in [1.54, 1.807) is 11.8 Å². The summed E-state index contributed by atoms with van der Waals surface area (Å²) in [6.07, 6.45) is 0. The molecule has 4 nitrogen and oxygen atoms in total. The van der Waals surface area contributed by atoms with Gasteiger partial charge in [-0.05, 0) is 57.9 Å². The van der Waals surface area contributed by atoms with Crippen molar-refractivity contribution in [2.24, 2.45) is 0 Å². The topological polar surface area (TPSA) is 41.6 Å². The maximum atomic E-state index is 12.9. The van der Waals surface area contributed by atoms with E-state index in [4.69, 9.17) is 4.74 Å². The van der Waals surface area contributed by atoms with Crippen LogP contribution in [0.15, 0.2) is 83.3 Å². The van der Waals surface area contributed by atoms with Gasteiger partial charge >= 0.3 is 6.03 Å². The molecule has 1 N–H and O–H groups in total. The van der Waals surface area contributed by atoms with Gasteiger partial charge < -0.3 is 15.0 Å². The van der Waals surface area contributed by atoms with E-state index in [1.807, 2.05) is 83.8 Å². The Labute approximate surface area is 177 Å². The number of halogens is 1. The molecule has 1 aliphatic heterocycles. The summed E-state index contributed by atoms with van der Waals surface area (Å²) in [4.78, 5) is 14.7. The number of hydrogen-bond donors (Lipinski definition) is 1. The molecule has 4 rings (SSSR count). The summed E-state index contributed by atoms with van der Waals surface area (Å²) in [6, 6.07) is 25.2. The van der Waals surface area contributed by atoms with Crippen LogP contribution in [-0.4, -0.2) is 23.2 Å². The summed E-state index contributed by atoms with van der Waals surface area (Å²) in [7, 11) is 0. The van der Waals surface area contributed by atoms with Crippen LogP contribution < -0.4 is 10.1 Å². The molecular formula is C22H19BrN2O2S. The molecule has 28 heavy (non-hydrogen) atoms. The fraction of sp³-hybridized carbons (Fsp3) is 0.136. The minimum atomic E-state index is -0.101. The Morgan fingerprint density at radius 2 is 1.75 bits per heavy atom. The molecule has 1 saturated heterocycles. The van der Waals surface area contributed by atoms with Crippen molar-refractivity contribution >= 4 is 39.4 Å². The zero-order valence-electron chi connectivity index (χ0n) is 15.0. The molecule has 1 fully saturated rings. The minimum Gasteiger partial charge on any atom is -0.457 e. The van der Waals surface area contributed by atoms with E-state index in [2.05, 4.69) is 21.2 Å². The first-order valence-electron chi connectivity index (χ1n) is 8.97. The molecule has 1 unspecified atom stereocenters. The van der Waals surface area contributed by atoms with Crippen LogP contribution >= 0.6 is 27.7 Å². The number of rotatable bonds is 4. The third kappa shape index (κ3) is 4.34. The standard InChI is InChI=1S/C22H19BrN2O2S/c23-19-11-4-5-12-20(19)24-22(26)25-13-14-28-21(25)16-7-6-10-18(15-16)27-17-8-2-1-3-9-17/h1-12,15,21H,13-14H2,(H,24,26). The van der Waals surface area contributed by atoms with Gasteiger partial charge in [-0.2, -0.15) is 0 Å². The number of anilines is 1. The van der Waals surface area contributed by atoms with Gasteiger partial charge in [-0.15, -0.1) is 11.8 Å². The number of hydrogen-bond acceptors (Lipinski definition) is 3. The largest absolute Gasteiger partial charge is 0.457 e. The molecule has 142 valence electrons. The number of urea groups is 1. The molecule has 2 amide bonds. The molecule has 6 heteroatoms. The third-order valence-electron chi connectivity index (χ3n) is 4.39. The maximum Gasteiger partial charge on any atom is 0.323 e. The lowest BCUT2D eigenvalue weighted by Gasteiger charge is -2.25. The van der Waals surface area contributed by atoms with Gasteiger partial charge in [-0.1, -0.05) is 42.5 Å². The number of thioether (sulfide) groups is 1. The van der Waals surface area contributed by atoms with E-state index >= 15 is 0 Å². The van der Waals surface area contributed by atoms with Crippen molar-refractivity contribution in [2.45, 2.75) is 5.37 Å². The van der Waals surface area contributed by atoms with E-state index in [0.29, 0.717) is 6.54 Å². The van der Waals surface area contributed by atoms with Gasteiger partial charge in [-0.25, -0.2) is 4.79 Å². The van der Waals surface area contributed by atoms with Gasteiger partial charge in [0.25, 0.3) is 0 Å². The first-order chi connectivity index (χ1) is 13.7. The molecule has 0 radical (unpaired) electrons. The Kier molecular flexibility index (Phi) is 5.88. The maximum absolute atomic E-state index is 12.9. The van der Waals surface area contributed by atoms with Crippen LogP contribution in [0.2, 0.25) is 0 Å². The Balaban J connectivity index is 1.51. The van der Waals surface area contributed by atoms with Crippen LogP contribution in [0.25, 0.3) is 0 Å². The average molecular weight is 455 g/mol. The average Bonchev–Trinajstić information content (AvgIpc) is 3.21. The molecule has 1 atom stereocenters. The lowest BCUT2D eigenvalue weighted by molar-refractivity contribution is 0.214. The van der Waals surface area contributed by atoms with E-state index in [9.17, 15) is 4.79 Å². The monoisotopic (exact) mass is 454 g/mol. The zero-order valence-corrected chi connectivity index (χ0v) is 17.4. The molecule has 0 saturated carbocycles. The summed E-state index contributed by atoms with van der Waals surface area (Å²) in [6.45, 7) is 0.704. The van der Waals surface area contributed by atoms with Gasteiger partial charge in [0.1, 0.15) is 16.9 Å². The van der Waals surface area contributed by atoms with Gasteiger partial charge in [-0.3, -0.25) is 0 Å². The highest BCUT2D eigenvalue weighted by atomic mass is 79.9. The fourth-order valence-electron chi connectivity index (χ4n) is 3.06. The van der Waals surface area contributed by atoms with E-state index in [1.165, 1.54) is 0 Å². The molecule has 3 aromatic carbocycles. The number of nitrogens with one attached hydrogen (secondary N) is 1. The number of para-hydroxylation sites is 2. The van der Waals surface area contributed by atoms with Crippen molar-refractivity contribution in [1.29, 1.82) is 0 Å². The van der Waals surface area contributed by atoms with Gasteiger partial charge in [0.15, 0.2) is 0 Å². The molecule has 3 aromatic rings. The highest BCUT2D eigenvalue weighted by molar-refractivity contribution is 9.10. The van der Waals surface area contributed by atoms with Crippen LogP contribution in [0.3, 0.4) is 0 Å². The van der Waals surface area contributed by atoms with Gasteiger partial charge in [0.05, 0.1) is 5.69 Å². The summed E-state index contributed by atoms with van der Waals surface area (Å²) in [5.74, 6) is 2.46. The molecule has 1 aliphatic rings. The summed E-state index contributed by atoms with van der Waals surface area (Å²) in [5, 5.41) is 2.96. The van der Waals surface area contributed by atoms with Gasteiger partial charge in [0.2, 0.25) is 0 Å². The van der Waals surface area contributed by atoms with Crippen LogP contribution in [0.1, 0.15) is 10.9 Å². The molecule has 0 aliphatic carbocycles. The normalized spacial score (nSPS) is 16.0. The van der Waals surface area contributed by atoms with E-state index in [0.717, 1.165) is 33.0 Å². The van der Waals surface area contributed by atoms with Crippen molar-refractivity contribution in [3.8, 4) is 11.5 Å². The van der Waals surface area contributed by atoms with Crippen molar-refractivity contribution < 1.29 is 9.53 Å². The number of carbonyl (C=O) groups excluding carboxylic acids is 1. The van der Waals surface area contributed by atoms with Crippen molar-refractivity contribution in [3.63, 3.8) is 0 Å². The number of carbonyl (C=O) groups is 1. The predicted molar refractivity (Wildman–Crippen MR) is 118 cm³/mol. The van der Waals surface area contributed by atoms with Crippen molar-refractivity contribution in [1.82, 2.24) is 4.90 Å². The zero-order chi connectivity index (χ0) is 19.3. The SMILES string of the molecule is O=C(Nc1ccccc1Br)N1CCSC1c1cccc(Oc2ccccc2)c1. The van der Waals surface area contributed by atoms with Crippen LogP contribution in [0, 0.1) is 0 Å². The van der Waals surface area contributed by atoms with Crippen LogP contribution in [-0.2, 0) is 0 Å². The summed E-state index contributed by atoms with van der Waals surface area (Å²) in [5.41, 5.74) is 1.82. The van der Waals surface area contributed by atoms with Crippen molar-refractivity contribution in [2.75, 3.05) is 17.6 Å². The van der Waals surface area contributed by atoms with Crippen LogP contribution in [0.4, 0.5) is 10.5 Å². The Morgan fingerprint density at radius 1 is 1.00 bits per heavy atom. The van der Waals surface area contributed by atoms with E-state index < -0.39 is 0 Å². The van der Waals surface area contributed by atoms with Gasteiger partial charge in [0, 0.05) is 16.8 Å². The second-order valence-corrected chi connectivity index (χ2v) is 8.36. The number of nitrogens with zero attached hydrogens (tertiary/aromatic N) is 1. The predicted octanol–water partition coefficient (Wildman–Crippen LogP) is 6.52. The fourth-order valence-corrected chi connectivity index (χ4v) is 4.69. The smallest absolute Gasteiger partial charge is 0.323 e. The number of ether oxygens (including phenoxy) is 1. The lowest BCUT2D eigenvalue weighted by atomic mass is 10.2. The van der Waals surface area contributed by atoms with Crippen molar-refractivity contribution in [3.05, 3.63) is 88.9 Å². The number of amides is 2. The molecule has 0 aromatic heterocycles. The molecule has 1 heterocycles. The first kappa shape index (κ1) is 18.9. The number of benzene rings is 3. The Bertz CT molecular complexity index is 968. The third-order valence-corrected chi connectivity index (χ3v) is 6.34. The van der Waals surface area contributed by atoms with E-state index in [-0.39, 0.29) is 11.4 Å². The Hall–Kier alpha value is -2.44. The Morgan fingerprint density at radius 3 is 2.57 bits per heavy atom. The highest BCUT2D eigenvalue weighted by Crippen LogP contribution is 2.39. The lowest BCUT2D eigenvalue weighted by Crippen LogP contribution is -2.34. The molecular weight excluding hydrogens is 436 g/mol. The quantitative estimate of drug-likeness (QED) is 0.487. The first-order valence-corrected chi connectivity index (χ1v) is 10.8. The summed E-state index contributed by atoms with van der Waals surface area (Å²) >= 11 is 5.24. The molecule has 0 bridgehead atoms. The highest BCUT2D eigenvalue weighted by Gasteiger charge is 2.31. The minimum absolute atomic E-state index is 0.0400.